The molecule has 0 aliphatic carbocycles. The number of carbonyl (C=O) groups excluding carboxylic acids is 1. The lowest BCUT2D eigenvalue weighted by molar-refractivity contribution is -0.142. The number of carboxylic acids is 1. The quantitative estimate of drug-likeness (QED) is 0.597. The fraction of sp³-hybridized carbons (Fsp3) is 0.800. The van der Waals surface area contributed by atoms with Crippen LogP contribution in [0.4, 0.5) is 0 Å². The Bertz CT molecular complexity index is 231. The summed E-state index contributed by atoms with van der Waals surface area (Å²) >= 11 is 0. The van der Waals surface area contributed by atoms with Crippen LogP contribution in [-0.4, -0.2) is 29.1 Å². The summed E-state index contributed by atoms with van der Waals surface area (Å²) in [4.78, 5) is 22.2. The molecule has 0 radical (unpaired) electrons. The number of rotatable bonds is 6. The monoisotopic (exact) mass is 216 g/mol. The van der Waals surface area contributed by atoms with Crippen LogP contribution < -0.4 is 11.1 Å². The first-order chi connectivity index (χ1) is 6.93. The van der Waals surface area contributed by atoms with Crippen molar-refractivity contribution in [2.24, 2.45) is 11.7 Å². The number of amides is 1. The van der Waals surface area contributed by atoms with Crippen LogP contribution in [0.3, 0.4) is 0 Å². The molecule has 0 aromatic rings. The standard InChI is InChI=1S/C10H20N2O3/c1-4-6(3)8(11)9(13)12-7(5-2)10(14)15/h6-8H,4-5,11H2,1-3H3,(H,12,13)(H,14,15)/t6-,7-,8-/m0/s1. The molecule has 0 unspecified atom stereocenters. The zero-order chi connectivity index (χ0) is 12.0. The van der Waals surface area contributed by atoms with Crippen molar-refractivity contribution >= 4 is 11.9 Å². The van der Waals surface area contributed by atoms with Gasteiger partial charge in [-0.2, -0.15) is 0 Å². The topological polar surface area (TPSA) is 92.4 Å². The molecule has 1 amide bonds. The van der Waals surface area contributed by atoms with Crippen molar-refractivity contribution < 1.29 is 14.7 Å². The second-order valence-electron chi connectivity index (χ2n) is 3.72. The van der Waals surface area contributed by atoms with Crippen molar-refractivity contribution in [1.29, 1.82) is 0 Å². The fourth-order valence-electron chi connectivity index (χ4n) is 1.12. The minimum atomic E-state index is -1.03. The molecule has 0 saturated carbocycles. The summed E-state index contributed by atoms with van der Waals surface area (Å²) in [5, 5.41) is 11.2. The Morgan fingerprint density at radius 1 is 1.33 bits per heavy atom. The maximum atomic E-state index is 11.5. The van der Waals surface area contributed by atoms with E-state index < -0.39 is 24.0 Å². The van der Waals surface area contributed by atoms with Gasteiger partial charge in [0.15, 0.2) is 0 Å². The van der Waals surface area contributed by atoms with Crippen LogP contribution in [0, 0.1) is 5.92 Å². The first-order valence-corrected chi connectivity index (χ1v) is 5.22. The first-order valence-electron chi connectivity index (χ1n) is 5.22. The van der Waals surface area contributed by atoms with Crippen molar-refractivity contribution in [1.82, 2.24) is 5.32 Å². The molecule has 0 aromatic carbocycles. The van der Waals surface area contributed by atoms with Gasteiger partial charge in [0.2, 0.25) is 5.91 Å². The molecule has 0 spiro atoms. The molecule has 4 N–H and O–H groups in total. The number of nitrogens with two attached hydrogens (primary N) is 1. The van der Waals surface area contributed by atoms with Gasteiger partial charge in [0.05, 0.1) is 6.04 Å². The predicted molar refractivity (Wildman–Crippen MR) is 57.3 cm³/mol. The smallest absolute Gasteiger partial charge is 0.326 e. The van der Waals surface area contributed by atoms with E-state index in [-0.39, 0.29) is 5.92 Å². The highest BCUT2D eigenvalue weighted by atomic mass is 16.4. The van der Waals surface area contributed by atoms with Gasteiger partial charge in [0.1, 0.15) is 6.04 Å². The molecule has 0 aliphatic rings. The van der Waals surface area contributed by atoms with Gasteiger partial charge in [-0.05, 0) is 12.3 Å². The van der Waals surface area contributed by atoms with Crippen LogP contribution in [0.25, 0.3) is 0 Å². The van der Waals surface area contributed by atoms with E-state index in [1.807, 2.05) is 13.8 Å². The van der Waals surface area contributed by atoms with E-state index in [1.54, 1.807) is 6.92 Å². The SMILES string of the molecule is CC[C@H](NC(=O)[C@@H](N)[C@@H](C)CC)C(=O)O. The third-order valence-corrected chi connectivity index (χ3v) is 2.58. The van der Waals surface area contributed by atoms with E-state index in [0.717, 1.165) is 6.42 Å². The zero-order valence-corrected chi connectivity index (χ0v) is 9.49. The molecule has 0 aromatic heterocycles. The largest absolute Gasteiger partial charge is 0.480 e. The average molecular weight is 216 g/mol. The number of hydrogen-bond acceptors (Lipinski definition) is 3. The Balaban J connectivity index is 4.28. The molecule has 5 heteroatoms. The normalized spacial score (nSPS) is 16.5. The van der Waals surface area contributed by atoms with Crippen LogP contribution >= 0.6 is 0 Å². The summed E-state index contributed by atoms with van der Waals surface area (Å²) in [5.74, 6) is -1.36. The van der Waals surface area contributed by atoms with Gasteiger partial charge in [-0.1, -0.05) is 27.2 Å². The zero-order valence-electron chi connectivity index (χ0n) is 9.49. The summed E-state index contributed by atoms with van der Waals surface area (Å²) in [7, 11) is 0. The van der Waals surface area contributed by atoms with Crippen LogP contribution in [0.5, 0.6) is 0 Å². The second kappa shape index (κ2) is 6.40. The van der Waals surface area contributed by atoms with Crippen LogP contribution in [0.15, 0.2) is 0 Å². The minimum Gasteiger partial charge on any atom is -0.480 e. The highest BCUT2D eigenvalue weighted by molar-refractivity contribution is 5.86. The Morgan fingerprint density at radius 3 is 2.20 bits per heavy atom. The molecule has 0 saturated heterocycles. The maximum absolute atomic E-state index is 11.5. The molecule has 0 aliphatic heterocycles. The first kappa shape index (κ1) is 13.9. The molecular formula is C10H20N2O3. The van der Waals surface area contributed by atoms with E-state index in [2.05, 4.69) is 5.32 Å². The molecule has 0 bridgehead atoms. The van der Waals surface area contributed by atoms with E-state index in [0.29, 0.717) is 6.42 Å². The third kappa shape index (κ3) is 4.29. The van der Waals surface area contributed by atoms with Crippen LogP contribution in [0.2, 0.25) is 0 Å². The molecular weight excluding hydrogens is 196 g/mol. The van der Waals surface area contributed by atoms with E-state index >= 15 is 0 Å². The Kier molecular flexibility index (Phi) is 5.93. The number of hydrogen-bond donors (Lipinski definition) is 3. The van der Waals surface area contributed by atoms with Crippen molar-refractivity contribution in [2.45, 2.75) is 45.7 Å². The van der Waals surface area contributed by atoms with Crippen molar-refractivity contribution in [2.75, 3.05) is 0 Å². The second-order valence-corrected chi connectivity index (χ2v) is 3.72. The van der Waals surface area contributed by atoms with Crippen molar-refractivity contribution in [3.8, 4) is 0 Å². The molecule has 0 fully saturated rings. The van der Waals surface area contributed by atoms with E-state index in [1.165, 1.54) is 0 Å². The van der Waals surface area contributed by atoms with E-state index in [4.69, 9.17) is 10.8 Å². The number of aliphatic carboxylic acids is 1. The summed E-state index contributed by atoms with van der Waals surface area (Å²) < 4.78 is 0. The summed E-state index contributed by atoms with van der Waals surface area (Å²) in [6.07, 6.45) is 1.15. The van der Waals surface area contributed by atoms with Gasteiger partial charge in [0, 0.05) is 0 Å². The van der Waals surface area contributed by atoms with Gasteiger partial charge in [-0.25, -0.2) is 4.79 Å². The van der Waals surface area contributed by atoms with Crippen molar-refractivity contribution in [3.63, 3.8) is 0 Å². The van der Waals surface area contributed by atoms with Gasteiger partial charge in [0.25, 0.3) is 0 Å². The lowest BCUT2D eigenvalue weighted by Crippen LogP contribution is -2.50. The van der Waals surface area contributed by atoms with Gasteiger partial charge >= 0.3 is 5.97 Å². The van der Waals surface area contributed by atoms with E-state index in [9.17, 15) is 9.59 Å². The highest BCUT2D eigenvalue weighted by Crippen LogP contribution is 2.05. The van der Waals surface area contributed by atoms with Gasteiger partial charge in [-0.15, -0.1) is 0 Å². The Labute approximate surface area is 90.0 Å². The molecule has 3 atom stereocenters. The van der Waals surface area contributed by atoms with Crippen molar-refractivity contribution in [3.05, 3.63) is 0 Å². The predicted octanol–water partition coefficient (Wildman–Crippen LogP) is 0.339. The highest BCUT2D eigenvalue weighted by Gasteiger charge is 2.24. The molecule has 0 heterocycles. The number of carboxylic acid groups (broad SMARTS) is 1. The van der Waals surface area contributed by atoms with Crippen LogP contribution in [-0.2, 0) is 9.59 Å². The third-order valence-electron chi connectivity index (χ3n) is 2.58. The summed E-state index contributed by atoms with van der Waals surface area (Å²) in [6.45, 7) is 5.51. The molecule has 88 valence electrons. The fourth-order valence-corrected chi connectivity index (χ4v) is 1.12. The van der Waals surface area contributed by atoms with Gasteiger partial charge in [-0.3, -0.25) is 4.79 Å². The Morgan fingerprint density at radius 2 is 1.87 bits per heavy atom. The number of carbonyl (C=O) groups is 2. The average Bonchev–Trinajstić information content (AvgIpc) is 2.22. The lowest BCUT2D eigenvalue weighted by Gasteiger charge is -2.20. The maximum Gasteiger partial charge on any atom is 0.326 e. The lowest BCUT2D eigenvalue weighted by atomic mass is 9.99. The molecule has 5 nitrogen and oxygen atoms in total. The Hall–Kier alpha value is -1.10. The summed E-state index contributed by atoms with van der Waals surface area (Å²) in [5.41, 5.74) is 5.67. The molecule has 0 rings (SSSR count). The number of nitrogens with one attached hydrogen (secondary N) is 1. The molecule has 15 heavy (non-hydrogen) atoms. The summed E-state index contributed by atoms with van der Waals surface area (Å²) in [6, 6.07) is -1.48. The minimum absolute atomic E-state index is 0.0521. The van der Waals surface area contributed by atoms with Crippen LogP contribution in [0.1, 0.15) is 33.6 Å². The van der Waals surface area contributed by atoms with Gasteiger partial charge < -0.3 is 16.2 Å².